The van der Waals surface area contributed by atoms with Crippen LogP contribution in [-0.2, 0) is 11.0 Å². The van der Waals surface area contributed by atoms with Gasteiger partial charge in [0.1, 0.15) is 0 Å². The van der Waals surface area contributed by atoms with Crippen LogP contribution in [-0.4, -0.2) is 30.9 Å². The Hall–Kier alpha value is -1.27. The molecule has 0 unspecified atom stereocenters. The summed E-state index contributed by atoms with van der Waals surface area (Å²) in [5.74, 6) is -0.0310. The van der Waals surface area contributed by atoms with Gasteiger partial charge in [0.25, 0.3) is 0 Å². The van der Waals surface area contributed by atoms with E-state index in [0.29, 0.717) is 6.42 Å². The molecular weight excluding hydrogens is 317 g/mol. The molecule has 0 atom stereocenters. The number of hydrogen-bond donors (Lipinski definition) is 1. The van der Waals surface area contributed by atoms with Crippen molar-refractivity contribution in [3.63, 3.8) is 0 Å². The zero-order valence-corrected chi connectivity index (χ0v) is 13.0. The number of alkyl halides is 3. The Bertz CT molecular complexity index is 540. The molecule has 0 saturated carbocycles. The van der Waals surface area contributed by atoms with Crippen molar-refractivity contribution in [3.8, 4) is 0 Å². The number of nitrogens with one attached hydrogen (secondary N) is 1. The molecule has 122 valence electrons. The molecule has 1 fully saturated rings. The smallest absolute Gasteiger partial charge is 0.325 e. The van der Waals surface area contributed by atoms with Crippen LogP contribution in [0.4, 0.5) is 18.9 Å². The van der Waals surface area contributed by atoms with Crippen LogP contribution in [0.15, 0.2) is 18.2 Å². The molecule has 3 nitrogen and oxygen atoms in total. The number of carbonyl (C=O) groups is 1. The number of benzene rings is 1. The van der Waals surface area contributed by atoms with Gasteiger partial charge in [0.2, 0.25) is 5.91 Å². The molecule has 1 aromatic carbocycles. The van der Waals surface area contributed by atoms with E-state index in [1.54, 1.807) is 0 Å². The molecule has 1 saturated heterocycles. The fourth-order valence-corrected chi connectivity index (χ4v) is 2.69. The number of carbonyl (C=O) groups excluding carboxylic acids is 1. The van der Waals surface area contributed by atoms with Crippen molar-refractivity contribution in [2.24, 2.45) is 5.92 Å². The molecule has 22 heavy (non-hydrogen) atoms. The number of hydrogen-bond acceptors (Lipinski definition) is 2. The predicted molar refractivity (Wildman–Crippen MR) is 79.9 cm³/mol. The normalized spacial score (nSPS) is 17.5. The minimum atomic E-state index is -4.46. The molecule has 1 aliphatic heterocycles. The number of halogens is 4. The lowest BCUT2D eigenvalue weighted by atomic mass is 9.93. The molecule has 0 bridgehead atoms. The predicted octanol–water partition coefficient (Wildman–Crippen LogP) is 4.03. The Morgan fingerprint density at radius 3 is 2.59 bits per heavy atom. The van der Waals surface area contributed by atoms with Crippen molar-refractivity contribution in [2.75, 3.05) is 25.5 Å². The highest BCUT2D eigenvalue weighted by Gasteiger charge is 2.31. The van der Waals surface area contributed by atoms with Gasteiger partial charge >= 0.3 is 6.18 Å². The van der Waals surface area contributed by atoms with E-state index in [9.17, 15) is 18.0 Å². The van der Waals surface area contributed by atoms with Crippen LogP contribution in [0.25, 0.3) is 0 Å². The monoisotopic (exact) mass is 334 g/mol. The summed E-state index contributed by atoms with van der Waals surface area (Å²) < 4.78 is 38.1. The van der Waals surface area contributed by atoms with Crippen molar-refractivity contribution in [1.82, 2.24) is 4.90 Å². The van der Waals surface area contributed by atoms with Gasteiger partial charge in [-0.25, -0.2) is 0 Å². The molecule has 0 aliphatic carbocycles. The summed E-state index contributed by atoms with van der Waals surface area (Å²) in [6.07, 6.45) is -2.32. The van der Waals surface area contributed by atoms with Gasteiger partial charge in [-0.15, -0.1) is 0 Å². The van der Waals surface area contributed by atoms with E-state index in [0.717, 1.165) is 44.1 Å². The van der Waals surface area contributed by atoms with Crippen LogP contribution in [0.5, 0.6) is 0 Å². The third-order valence-corrected chi connectivity index (χ3v) is 4.21. The molecule has 2 rings (SSSR count). The van der Waals surface area contributed by atoms with E-state index in [-0.39, 0.29) is 22.5 Å². The summed E-state index contributed by atoms with van der Waals surface area (Å²) in [7, 11) is 2.03. The average Bonchev–Trinajstić information content (AvgIpc) is 2.42. The molecule has 1 aromatic rings. The van der Waals surface area contributed by atoms with E-state index < -0.39 is 11.7 Å². The average molecular weight is 335 g/mol. The lowest BCUT2D eigenvalue weighted by Crippen LogP contribution is -2.32. The Kier molecular flexibility index (Phi) is 5.34. The van der Waals surface area contributed by atoms with Crippen molar-refractivity contribution in [2.45, 2.75) is 25.4 Å². The fourth-order valence-electron chi connectivity index (χ4n) is 2.53. The summed E-state index contributed by atoms with van der Waals surface area (Å²) >= 11 is 5.86. The summed E-state index contributed by atoms with van der Waals surface area (Å²) in [4.78, 5) is 14.2. The molecule has 0 radical (unpaired) electrons. The zero-order valence-electron chi connectivity index (χ0n) is 12.2. The molecule has 1 amide bonds. The van der Waals surface area contributed by atoms with Crippen LogP contribution in [0, 0.1) is 5.92 Å². The molecule has 7 heteroatoms. The van der Waals surface area contributed by atoms with Crippen LogP contribution in [0.2, 0.25) is 5.02 Å². The molecule has 0 aromatic heterocycles. The van der Waals surface area contributed by atoms with Crippen LogP contribution in [0.1, 0.15) is 24.8 Å². The van der Waals surface area contributed by atoms with E-state index in [1.165, 1.54) is 0 Å². The first-order chi connectivity index (χ1) is 10.3. The lowest BCUT2D eigenvalue weighted by molar-refractivity contribution is -0.137. The Labute approximate surface area is 132 Å². The third kappa shape index (κ3) is 4.61. The maximum atomic E-state index is 12.7. The number of likely N-dealkylation sites (tertiary alicyclic amines) is 1. The lowest BCUT2D eigenvalue weighted by Gasteiger charge is -2.28. The van der Waals surface area contributed by atoms with Gasteiger partial charge in [0.15, 0.2) is 0 Å². The molecule has 0 spiro atoms. The quantitative estimate of drug-likeness (QED) is 0.905. The van der Waals surface area contributed by atoms with Crippen molar-refractivity contribution in [1.29, 1.82) is 0 Å². The molecule has 1 N–H and O–H groups in total. The Morgan fingerprint density at radius 2 is 2.00 bits per heavy atom. The first kappa shape index (κ1) is 17.1. The standard InChI is InChI=1S/C15H18ClF3N2O/c1-21-6-4-10(5-7-21)8-14(22)20-13-9-11(15(17,18)19)2-3-12(13)16/h2-3,9-10H,4-8H2,1H3,(H,20,22). The van der Waals surface area contributed by atoms with Gasteiger partial charge in [-0.3, -0.25) is 4.79 Å². The highest BCUT2D eigenvalue weighted by Crippen LogP contribution is 2.34. The molecule has 1 heterocycles. The van der Waals surface area contributed by atoms with Crippen LogP contribution >= 0.6 is 11.6 Å². The van der Waals surface area contributed by atoms with Gasteiger partial charge in [-0.1, -0.05) is 11.6 Å². The topological polar surface area (TPSA) is 32.3 Å². The van der Waals surface area contributed by atoms with Crippen LogP contribution < -0.4 is 5.32 Å². The SMILES string of the molecule is CN1CCC(CC(=O)Nc2cc(C(F)(F)F)ccc2Cl)CC1. The number of rotatable bonds is 3. The third-order valence-electron chi connectivity index (χ3n) is 3.88. The van der Waals surface area contributed by atoms with Gasteiger partial charge in [-0.05, 0) is 57.1 Å². The van der Waals surface area contributed by atoms with Gasteiger partial charge in [0, 0.05) is 6.42 Å². The van der Waals surface area contributed by atoms with E-state index in [2.05, 4.69) is 10.2 Å². The highest BCUT2D eigenvalue weighted by atomic mass is 35.5. The van der Waals surface area contributed by atoms with Crippen LogP contribution in [0.3, 0.4) is 0 Å². The number of piperidine rings is 1. The minimum Gasteiger partial charge on any atom is -0.325 e. The van der Waals surface area contributed by atoms with Crippen molar-refractivity contribution < 1.29 is 18.0 Å². The number of anilines is 1. The Balaban J connectivity index is 1.99. The second kappa shape index (κ2) is 6.87. The fraction of sp³-hybridized carbons (Fsp3) is 0.533. The van der Waals surface area contributed by atoms with Gasteiger partial charge in [-0.2, -0.15) is 13.2 Å². The Morgan fingerprint density at radius 1 is 1.36 bits per heavy atom. The first-order valence-corrected chi connectivity index (χ1v) is 7.48. The zero-order chi connectivity index (χ0) is 16.3. The maximum Gasteiger partial charge on any atom is 0.416 e. The summed E-state index contributed by atoms with van der Waals surface area (Å²) in [6, 6.07) is 2.92. The number of amides is 1. The summed E-state index contributed by atoms with van der Waals surface area (Å²) in [5, 5.41) is 2.60. The highest BCUT2D eigenvalue weighted by molar-refractivity contribution is 6.33. The van der Waals surface area contributed by atoms with Crippen molar-refractivity contribution >= 4 is 23.2 Å². The minimum absolute atomic E-state index is 0.00872. The van der Waals surface area contributed by atoms with Crippen molar-refractivity contribution in [3.05, 3.63) is 28.8 Å². The molecule has 1 aliphatic rings. The van der Waals surface area contributed by atoms with E-state index in [4.69, 9.17) is 11.6 Å². The summed E-state index contributed by atoms with van der Waals surface area (Å²) in [6.45, 7) is 1.87. The summed E-state index contributed by atoms with van der Waals surface area (Å²) in [5.41, 5.74) is -0.819. The second-order valence-corrected chi connectivity index (χ2v) is 6.10. The molecular formula is C15H18ClF3N2O. The number of nitrogens with zero attached hydrogens (tertiary/aromatic N) is 1. The van der Waals surface area contributed by atoms with E-state index >= 15 is 0 Å². The second-order valence-electron chi connectivity index (χ2n) is 5.69. The largest absolute Gasteiger partial charge is 0.416 e. The first-order valence-electron chi connectivity index (χ1n) is 7.11. The van der Waals surface area contributed by atoms with E-state index in [1.807, 2.05) is 7.05 Å². The van der Waals surface area contributed by atoms with Gasteiger partial charge in [0.05, 0.1) is 16.3 Å². The van der Waals surface area contributed by atoms with Gasteiger partial charge < -0.3 is 10.2 Å². The maximum absolute atomic E-state index is 12.7.